The van der Waals surface area contributed by atoms with Crippen molar-refractivity contribution in [2.45, 2.75) is 38.0 Å². The van der Waals surface area contributed by atoms with Crippen molar-refractivity contribution in [2.75, 3.05) is 0 Å². The third-order valence-electron chi connectivity index (χ3n) is 5.78. The summed E-state index contributed by atoms with van der Waals surface area (Å²) in [6.45, 7) is 0. The molecule has 0 spiro atoms. The summed E-state index contributed by atoms with van der Waals surface area (Å²) in [6.07, 6.45) is 19.0. The average molecular weight is 314 g/mol. The highest BCUT2D eigenvalue weighted by molar-refractivity contribution is 5.78. The second-order valence-electron chi connectivity index (χ2n) is 7.49. The van der Waals surface area contributed by atoms with Crippen LogP contribution in [0.2, 0.25) is 0 Å². The Hall–Kier alpha value is -2.28. The summed E-state index contributed by atoms with van der Waals surface area (Å²) in [4.78, 5) is 0. The van der Waals surface area contributed by atoms with Gasteiger partial charge in [0.05, 0.1) is 0 Å². The van der Waals surface area contributed by atoms with E-state index in [1.54, 1.807) is 0 Å². The van der Waals surface area contributed by atoms with E-state index in [2.05, 4.69) is 42.5 Å². The van der Waals surface area contributed by atoms with E-state index in [9.17, 15) is 5.11 Å². The zero-order chi connectivity index (χ0) is 16.1. The van der Waals surface area contributed by atoms with E-state index in [1.807, 2.05) is 12.2 Å². The van der Waals surface area contributed by atoms with Gasteiger partial charge in [0.25, 0.3) is 0 Å². The van der Waals surface area contributed by atoms with E-state index in [1.165, 1.54) is 47.1 Å². The number of aliphatic hydroxyl groups excluding tert-OH is 1. The van der Waals surface area contributed by atoms with Gasteiger partial charge in [-0.15, -0.1) is 0 Å². The summed E-state index contributed by atoms with van der Waals surface area (Å²) in [6, 6.07) is 6.97. The van der Waals surface area contributed by atoms with Gasteiger partial charge in [0.2, 0.25) is 0 Å². The number of hydrogen-bond acceptors (Lipinski definition) is 1. The maximum Gasteiger partial charge on any atom is 0.119 e. The van der Waals surface area contributed by atoms with E-state index in [0.29, 0.717) is 11.7 Å². The fourth-order valence-electron chi connectivity index (χ4n) is 4.19. The van der Waals surface area contributed by atoms with Gasteiger partial charge in [-0.3, -0.25) is 0 Å². The van der Waals surface area contributed by atoms with Crippen molar-refractivity contribution >= 4 is 11.6 Å². The summed E-state index contributed by atoms with van der Waals surface area (Å²) < 4.78 is 0. The minimum atomic E-state index is 0.429. The number of rotatable bonds is 4. The minimum Gasteiger partial charge on any atom is -0.508 e. The topological polar surface area (TPSA) is 20.2 Å². The van der Waals surface area contributed by atoms with Crippen molar-refractivity contribution in [1.29, 1.82) is 0 Å². The van der Waals surface area contributed by atoms with Crippen molar-refractivity contribution in [3.63, 3.8) is 0 Å². The number of benzene rings is 1. The number of aliphatic hydroxyl groups is 1. The molecule has 0 aliphatic heterocycles. The summed E-state index contributed by atoms with van der Waals surface area (Å²) in [5.74, 6) is 2.04. The Morgan fingerprint density at radius 1 is 1.08 bits per heavy atom. The standard InChI is InChI=1S/C23H22O/c24-23-3-1-2-22(23)20-7-6-16(14-20)17-10-11-21-18(12-15-4-5-15)8-9-19(21)13-17/h1,3,7-11,13-15,18,24H,2,4-6,12H2. The van der Waals surface area contributed by atoms with Crippen LogP contribution in [0.4, 0.5) is 0 Å². The number of allylic oxidation sites excluding steroid dienone is 8. The molecule has 5 rings (SSSR count). The van der Waals surface area contributed by atoms with Crippen LogP contribution < -0.4 is 0 Å². The lowest BCUT2D eigenvalue weighted by atomic mass is 9.92. The molecule has 1 heteroatoms. The molecule has 1 atom stereocenters. The molecule has 0 heterocycles. The first-order valence-corrected chi connectivity index (χ1v) is 9.10. The van der Waals surface area contributed by atoms with Crippen molar-refractivity contribution in [3.05, 3.63) is 82.2 Å². The molecule has 4 aliphatic rings. The molecule has 1 aromatic rings. The molecule has 1 fully saturated rings. The average Bonchev–Trinajstić information content (AvgIpc) is 2.99. The van der Waals surface area contributed by atoms with Crippen molar-refractivity contribution < 1.29 is 5.11 Å². The molecule has 0 aromatic heterocycles. The highest BCUT2D eigenvalue weighted by atomic mass is 16.3. The van der Waals surface area contributed by atoms with Crippen LogP contribution in [0.3, 0.4) is 0 Å². The quantitative estimate of drug-likeness (QED) is 0.713. The first-order chi connectivity index (χ1) is 11.8. The van der Waals surface area contributed by atoms with Crippen LogP contribution in [0.25, 0.3) is 11.6 Å². The third kappa shape index (κ3) is 2.39. The van der Waals surface area contributed by atoms with Crippen LogP contribution in [0.5, 0.6) is 0 Å². The Labute approximate surface area is 143 Å². The predicted molar refractivity (Wildman–Crippen MR) is 99.6 cm³/mol. The van der Waals surface area contributed by atoms with E-state index >= 15 is 0 Å². The Morgan fingerprint density at radius 3 is 2.79 bits per heavy atom. The summed E-state index contributed by atoms with van der Waals surface area (Å²) in [7, 11) is 0. The lowest BCUT2D eigenvalue weighted by Crippen LogP contribution is -1.95. The normalized spacial score (nSPS) is 24.6. The Bertz CT molecular complexity index is 856. The molecule has 1 aromatic carbocycles. The minimum absolute atomic E-state index is 0.429. The van der Waals surface area contributed by atoms with E-state index in [-0.39, 0.29) is 0 Å². The molecule has 1 nitrogen and oxygen atoms in total. The zero-order valence-corrected chi connectivity index (χ0v) is 13.8. The molecule has 0 radical (unpaired) electrons. The molecule has 1 saturated carbocycles. The molecule has 1 N–H and O–H groups in total. The lowest BCUT2D eigenvalue weighted by molar-refractivity contribution is 0.429. The van der Waals surface area contributed by atoms with Gasteiger partial charge >= 0.3 is 0 Å². The number of hydrogen-bond donors (Lipinski definition) is 1. The smallest absolute Gasteiger partial charge is 0.119 e. The fraction of sp³-hybridized carbons (Fsp3) is 0.304. The Kier molecular flexibility index (Phi) is 3.16. The SMILES string of the molecule is OC1=C(C2=CCC(c3ccc4c(c3)C=CC4CC3CC3)=C2)CC=C1. The third-order valence-corrected chi connectivity index (χ3v) is 5.78. The van der Waals surface area contributed by atoms with E-state index in [0.717, 1.165) is 24.3 Å². The predicted octanol–water partition coefficient (Wildman–Crippen LogP) is 6.08. The van der Waals surface area contributed by atoms with E-state index < -0.39 is 0 Å². The van der Waals surface area contributed by atoms with Crippen LogP contribution in [-0.2, 0) is 0 Å². The molecular weight excluding hydrogens is 292 g/mol. The zero-order valence-electron chi connectivity index (χ0n) is 13.8. The van der Waals surface area contributed by atoms with E-state index in [4.69, 9.17) is 0 Å². The highest BCUT2D eigenvalue weighted by Crippen LogP contribution is 2.43. The van der Waals surface area contributed by atoms with Crippen molar-refractivity contribution in [2.24, 2.45) is 5.92 Å². The summed E-state index contributed by atoms with van der Waals surface area (Å²) in [5, 5.41) is 9.95. The fourth-order valence-corrected chi connectivity index (χ4v) is 4.19. The van der Waals surface area contributed by atoms with Gasteiger partial charge in [-0.2, -0.15) is 0 Å². The maximum atomic E-state index is 9.95. The Morgan fingerprint density at radius 2 is 2.00 bits per heavy atom. The molecule has 0 amide bonds. The lowest BCUT2D eigenvalue weighted by Gasteiger charge is -2.12. The van der Waals surface area contributed by atoms with Crippen LogP contribution in [-0.4, -0.2) is 5.11 Å². The van der Waals surface area contributed by atoms with Gasteiger partial charge in [-0.1, -0.05) is 55.4 Å². The molecule has 120 valence electrons. The van der Waals surface area contributed by atoms with Crippen LogP contribution in [0.15, 0.2) is 65.5 Å². The molecule has 4 aliphatic carbocycles. The first-order valence-electron chi connectivity index (χ1n) is 9.10. The van der Waals surface area contributed by atoms with Crippen molar-refractivity contribution in [1.82, 2.24) is 0 Å². The molecular formula is C23H22O. The Balaban J connectivity index is 1.39. The highest BCUT2D eigenvalue weighted by Gasteiger charge is 2.28. The van der Waals surface area contributed by atoms with Gasteiger partial charge in [-0.05, 0) is 65.2 Å². The maximum absolute atomic E-state index is 9.95. The summed E-state index contributed by atoms with van der Waals surface area (Å²) >= 11 is 0. The monoisotopic (exact) mass is 314 g/mol. The molecule has 24 heavy (non-hydrogen) atoms. The van der Waals surface area contributed by atoms with Gasteiger partial charge in [-0.25, -0.2) is 0 Å². The summed E-state index contributed by atoms with van der Waals surface area (Å²) in [5.41, 5.74) is 7.85. The van der Waals surface area contributed by atoms with Crippen molar-refractivity contribution in [3.8, 4) is 0 Å². The van der Waals surface area contributed by atoms with Gasteiger partial charge < -0.3 is 5.11 Å². The first kappa shape index (κ1) is 14.1. The molecule has 0 bridgehead atoms. The second-order valence-corrected chi connectivity index (χ2v) is 7.49. The molecule has 1 unspecified atom stereocenters. The second kappa shape index (κ2) is 5.37. The van der Waals surface area contributed by atoms with Crippen LogP contribution in [0.1, 0.15) is 54.7 Å². The van der Waals surface area contributed by atoms with Gasteiger partial charge in [0.15, 0.2) is 0 Å². The molecule has 0 saturated heterocycles. The van der Waals surface area contributed by atoms with Crippen LogP contribution in [0, 0.1) is 5.92 Å². The number of fused-ring (bicyclic) bond motifs is 1. The van der Waals surface area contributed by atoms with Gasteiger partial charge in [0, 0.05) is 11.5 Å². The van der Waals surface area contributed by atoms with Crippen LogP contribution >= 0.6 is 0 Å². The largest absolute Gasteiger partial charge is 0.508 e. The van der Waals surface area contributed by atoms with Gasteiger partial charge in [0.1, 0.15) is 5.76 Å².